The van der Waals surface area contributed by atoms with E-state index in [1.807, 2.05) is 23.7 Å². The summed E-state index contributed by atoms with van der Waals surface area (Å²) in [5, 5.41) is 23.6. The van der Waals surface area contributed by atoms with Crippen molar-refractivity contribution in [1.29, 1.82) is 0 Å². The van der Waals surface area contributed by atoms with Crippen LogP contribution in [0, 0.1) is 0 Å². The molecule has 0 spiro atoms. The molecule has 0 radical (unpaired) electrons. The number of fused-ring (bicyclic) bond motifs is 1. The molecule has 1 fully saturated rings. The fourth-order valence-electron chi connectivity index (χ4n) is 2.95. The van der Waals surface area contributed by atoms with E-state index in [1.54, 1.807) is 11.3 Å². The molecule has 3 rings (SSSR count). The molecular formula is C15H20N2O2S. The predicted octanol–water partition coefficient (Wildman–Crippen LogP) is 2.76. The summed E-state index contributed by atoms with van der Waals surface area (Å²) in [5.74, 6) is 0. The predicted molar refractivity (Wildman–Crippen MR) is 82.2 cm³/mol. The van der Waals surface area contributed by atoms with Gasteiger partial charge in [-0.05, 0) is 31.0 Å². The Morgan fingerprint density at radius 2 is 2.15 bits per heavy atom. The van der Waals surface area contributed by atoms with Crippen LogP contribution in [-0.4, -0.2) is 33.4 Å². The van der Waals surface area contributed by atoms with Crippen molar-refractivity contribution in [3.05, 3.63) is 23.7 Å². The SMILES string of the molecule is OC(CNc1ccc2scnc2c1)CC1(O)CCCC1. The molecule has 2 aromatic rings. The fourth-order valence-corrected chi connectivity index (χ4v) is 3.61. The van der Waals surface area contributed by atoms with E-state index in [-0.39, 0.29) is 0 Å². The number of anilines is 1. The number of aliphatic hydroxyl groups excluding tert-OH is 1. The Morgan fingerprint density at radius 1 is 1.35 bits per heavy atom. The van der Waals surface area contributed by atoms with Gasteiger partial charge in [0.1, 0.15) is 0 Å². The average Bonchev–Trinajstić information content (AvgIpc) is 3.04. The van der Waals surface area contributed by atoms with Gasteiger partial charge in [0.05, 0.1) is 27.4 Å². The van der Waals surface area contributed by atoms with Crippen molar-refractivity contribution in [1.82, 2.24) is 4.98 Å². The van der Waals surface area contributed by atoms with Crippen LogP contribution in [0.3, 0.4) is 0 Å². The Balaban J connectivity index is 1.55. The van der Waals surface area contributed by atoms with E-state index in [0.29, 0.717) is 13.0 Å². The maximum atomic E-state index is 10.3. The molecule has 1 aliphatic carbocycles. The highest BCUT2D eigenvalue weighted by Gasteiger charge is 2.33. The molecule has 0 saturated heterocycles. The number of benzene rings is 1. The summed E-state index contributed by atoms with van der Waals surface area (Å²) < 4.78 is 1.16. The van der Waals surface area contributed by atoms with Crippen LogP contribution in [-0.2, 0) is 0 Å². The van der Waals surface area contributed by atoms with E-state index in [9.17, 15) is 10.2 Å². The van der Waals surface area contributed by atoms with Gasteiger partial charge in [-0.3, -0.25) is 0 Å². The molecule has 1 aliphatic rings. The molecule has 1 saturated carbocycles. The van der Waals surface area contributed by atoms with Crippen LogP contribution in [0.4, 0.5) is 5.69 Å². The Labute approximate surface area is 122 Å². The maximum Gasteiger partial charge on any atom is 0.0832 e. The maximum absolute atomic E-state index is 10.3. The summed E-state index contributed by atoms with van der Waals surface area (Å²) in [5.41, 5.74) is 3.11. The minimum atomic E-state index is -0.653. The normalized spacial score (nSPS) is 19.3. The molecule has 20 heavy (non-hydrogen) atoms. The molecule has 3 N–H and O–H groups in total. The van der Waals surface area contributed by atoms with Crippen molar-refractivity contribution in [2.24, 2.45) is 0 Å². The second-order valence-corrected chi connectivity index (χ2v) is 6.59. The molecule has 0 aliphatic heterocycles. The van der Waals surface area contributed by atoms with E-state index in [2.05, 4.69) is 10.3 Å². The zero-order chi connectivity index (χ0) is 14.0. The van der Waals surface area contributed by atoms with E-state index in [4.69, 9.17) is 0 Å². The van der Waals surface area contributed by atoms with Crippen LogP contribution in [0.15, 0.2) is 23.7 Å². The van der Waals surface area contributed by atoms with Gasteiger partial charge in [0.25, 0.3) is 0 Å². The van der Waals surface area contributed by atoms with Crippen molar-refractivity contribution in [3.8, 4) is 0 Å². The number of nitrogens with one attached hydrogen (secondary N) is 1. The highest BCUT2D eigenvalue weighted by molar-refractivity contribution is 7.16. The number of nitrogens with zero attached hydrogens (tertiary/aromatic N) is 1. The van der Waals surface area contributed by atoms with Crippen LogP contribution < -0.4 is 5.32 Å². The molecule has 1 atom stereocenters. The number of hydrogen-bond donors (Lipinski definition) is 3. The summed E-state index contributed by atoms with van der Waals surface area (Å²) >= 11 is 1.62. The Bertz CT molecular complexity index is 578. The summed E-state index contributed by atoms with van der Waals surface area (Å²) in [6.45, 7) is 0.456. The molecule has 0 bridgehead atoms. The van der Waals surface area contributed by atoms with Crippen LogP contribution in [0.2, 0.25) is 0 Å². The van der Waals surface area contributed by atoms with Crippen molar-refractivity contribution < 1.29 is 10.2 Å². The monoisotopic (exact) mass is 292 g/mol. The van der Waals surface area contributed by atoms with Gasteiger partial charge in [0.2, 0.25) is 0 Å². The Morgan fingerprint density at radius 3 is 2.95 bits per heavy atom. The van der Waals surface area contributed by atoms with Crippen molar-refractivity contribution >= 4 is 27.2 Å². The van der Waals surface area contributed by atoms with E-state index < -0.39 is 11.7 Å². The minimum absolute atomic E-state index is 0.456. The molecule has 0 amide bonds. The van der Waals surface area contributed by atoms with Crippen LogP contribution in [0.1, 0.15) is 32.1 Å². The summed E-state index contributed by atoms with van der Waals surface area (Å²) in [6.07, 6.45) is 3.70. The molecule has 5 heteroatoms. The topological polar surface area (TPSA) is 65.4 Å². The summed E-state index contributed by atoms with van der Waals surface area (Å²) in [6, 6.07) is 6.02. The van der Waals surface area contributed by atoms with Gasteiger partial charge in [0.15, 0.2) is 0 Å². The first-order chi connectivity index (χ1) is 9.65. The minimum Gasteiger partial charge on any atom is -0.391 e. The quantitative estimate of drug-likeness (QED) is 0.793. The van der Waals surface area contributed by atoms with Gasteiger partial charge < -0.3 is 15.5 Å². The molecule has 1 aromatic heterocycles. The Hall–Kier alpha value is -1.17. The summed E-state index contributed by atoms with van der Waals surface area (Å²) in [7, 11) is 0. The molecule has 1 heterocycles. The first-order valence-electron chi connectivity index (χ1n) is 7.12. The zero-order valence-electron chi connectivity index (χ0n) is 11.4. The molecular weight excluding hydrogens is 272 g/mol. The molecule has 1 unspecified atom stereocenters. The number of aliphatic hydroxyl groups is 2. The molecule has 108 valence electrons. The van der Waals surface area contributed by atoms with Crippen LogP contribution in [0.25, 0.3) is 10.2 Å². The average molecular weight is 292 g/mol. The van der Waals surface area contributed by atoms with Crippen LogP contribution in [0.5, 0.6) is 0 Å². The smallest absolute Gasteiger partial charge is 0.0832 e. The summed E-state index contributed by atoms with van der Waals surface area (Å²) in [4.78, 5) is 4.28. The third kappa shape index (κ3) is 3.11. The van der Waals surface area contributed by atoms with E-state index in [1.165, 1.54) is 0 Å². The third-order valence-corrected chi connectivity index (χ3v) is 4.83. The number of rotatable bonds is 5. The van der Waals surface area contributed by atoms with Gasteiger partial charge in [-0.15, -0.1) is 11.3 Å². The van der Waals surface area contributed by atoms with Crippen molar-refractivity contribution in [2.45, 2.75) is 43.8 Å². The van der Waals surface area contributed by atoms with Gasteiger partial charge in [0, 0.05) is 18.7 Å². The molecule has 4 nitrogen and oxygen atoms in total. The van der Waals surface area contributed by atoms with Crippen molar-refractivity contribution in [3.63, 3.8) is 0 Å². The van der Waals surface area contributed by atoms with E-state index >= 15 is 0 Å². The number of thiazole rings is 1. The first kappa shape index (κ1) is 13.8. The second-order valence-electron chi connectivity index (χ2n) is 5.71. The number of hydrogen-bond acceptors (Lipinski definition) is 5. The van der Waals surface area contributed by atoms with E-state index in [0.717, 1.165) is 41.6 Å². The highest BCUT2D eigenvalue weighted by atomic mass is 32.1. The zero-order valence-corrected chi connectivity index (χ0v) is 12.2. The largest absolute Gasteiger partial charge is 0.391 e. The lowest BCUT2D eigenvalue weighted by molar-refractivity contribution is -0.00154. The fraction of sp³-hybridized carbons (Fsp3) is 0.533. The van der Waals surface area contributed by atoms with Gasteiger partial charge in [-0.1, -0.05) is 12.8 Å². The van der Waals surface area contributed by atoms with Crippen molar-refractivity contribution in [2.75, 3.05) is 11.9 Å². The first-order valence-corrected chi connectivity index (χ1v) is 8.00. The lowest BCUT2D eigenvalue weighted by atomic mass is 9.94. The third-order valence-electron chi connectivity index (χ3n) is 4.02. The van der Waals surface area contributed by atoms with Gasteiger partial charge in [-0.2, -0.15) is 0 Å². The number of aromatic nitrogens is 1. The van der Waals surface area contributed by atoms with Crippen LogP contribution >= 0.6 is 11.3 Å². The lowest BCUT2D eigenvalue weighted by Gasteiger charge is -2.25. The van der Waals surface area contributed by atoms with Gasteiger partial charge >= 0.3 is 0 Å². The highest BCUT2D eigenvalue weighted by Crippen LogP contribution is 2.33. The molecule has 1 aromatic carbocycles. The van der Waals surface area contributed by atoms with Gasteiger partial charge in [-0.25, -0.2) is 4.98 Å². The Kier molecular flexibility index (Phi) is 3.92. The standard InChI is InChI=1S/C15H20N2O2S/c18-12(8-15(19)5-1-2-6-15)9-16-11-3-4-14-13(7-11)17-10-20-14/h3-4,7,10,12,16,18-19H,1-2,5-6,8-9H2. The lowest BCUT2D eigenvalue weighted by Crippen LogP contribution is -2.33. The second kappa shape index (κ2) is 5.68.